The lowest BCUT2D eigenvalue weighted by Crippen LogP contribution is -2.52. The summed E-state index contributed by atoms with van der Waals surface area (Å²) in [5.74, 6) is 1.61. The molecule has 2 atom stereocenters. The molecule has 1 aliphatic heterocycles. The van der Waals surface area contributed by atoms with Crippen LogP contribution in [0, 0.1) is 0 Å². The van der Waals surface area contributed by atoms with Gasteiger partial charge < -0.3 is 25.1 Å². The summed E-state index contributed by atoms with van der Waals surface area (Å²) in [7, 11) is 3.19. The fourth-order valence-corrected chi connectivity index (χ4v) is 3.82. The third-order valence-corrected chi connectivity index (χ3v) is 5.44. The largest absolute Gasteiger partial charge is 0.497 e. The Balaban J connectivity index is 1.50. The monoisotopic (exact) mass is 429 g/mol. The number of hydrogen-bond acceptors (Lipinski definition) is 7. The number of para-hydroxylation sites is 2. The zero-order valence-corrected chi connectivity index (χ0v) is 18.1. The molecule has 31 heavy (non-hydrogen) atoms. The molecule has 0 radical (unpaired) electrons. The molecule has 1 heterocycles. The molecular weight excluding hydrogens is 398 g/mol. The second-order valence-electron chi connectivity index (χ2n) is 7.53. The van der Waals surface area contributed by atoms with Crippen LogP contribution in [0.5, 0.6) is 17.2 Å². The molecule has 0 saturated carbocycles. The third kappa shape index (κ3) is 6.10. The van der Waals surface area contributed by atoms with Gasteiger partial charge in [0.05, 0.1) is 14.2 Å². The minimum atomic E-state index is -0.634. The van der Waals surface area contributed by atoms with Crippen molar-refractivity contribution in [2.24, 2.45) is 5.73 Å². The minimum absolute atomic E-state index is 0.177. The van der Waals surface area contributed by atoms with E-state index in [1.54, 1.807) is 14.2 Å². The van der Waals surface area contributed by atoms with Crippen LogP contribution in [0.3, 0.4) is 0 Å². The van der Waals surface area contributed by atoms with Crippen LogP contribution in [0.2, 0.25) is 0 Å². The first-order valence-electron chi connectivity index (χ1n) is 10.4. The fraction of sp³-hybridized carbons (Fsp3) is 0.435. The van der Waals surface area contributed by atoms with Crippen LogP contribution in [0.4, 0.5) is 0 Å². The number of nitrogens with two attached hydrogens (primary N) is 1. The van der Waals surface area contributed by atoms with Crippen molar-refractivity contribution in [3.63, 3.8) is 0 Å². The van der Waals surface area contributed by atoms with Gasteiger partial charge in [-0.25, -0.2) is 0 Å². The number of nitrogens with zero attached hydrogens (tertiary/aromatic N) is 2. The number of β-amino-alcohol motifs (C(OH)–C–C–N with tert-alkyl or cyclic N) is 1. The van der Waals surface area contributed by atoms with Gasteiger partial charge in [-0.2, -0.15) is 0 Å². The zero-order valence-electron chi connectivity index (χ0n) is 18.1. The van der Waals surface area contributed by atoms with Crippen LogP contribution >= 0.6 is 0 Å². The van der Waals surface area contributed by atoms with Gasteiger partial charge in [-0.15, -0.1) is 0 Å². The summed E-state index contributed by atoms with van der Waals surface area (Å²) < 4.78 is 16.2. The van der Waals surface area contributed by atoms with E-state index in [2.05, 4.69) is 9.80 Å². The summed E-state index contributed by atoms with van der Waals surface area (Å²) in [5.41, 5.74) is 6.57. The Hall–Kier alpha value is -2.81. The molecule has 1 aliphatic rings. The van der Waals surface area contributed by atoms with E-state index in [0.717, 1.165) is 24.4 Å². The Morgan fingerprint density at radius 3 is 2.23 bits per heavy atom. The maximum Gasteiger partial charge on any atom is 0.239 e. The van der Waals surface area contributed by atoms with Crippen molar-refractivity contribution in [3.05, 3.63) is 54.1 Å². The first-order chi connectivity index (χ1) is 15.0. The number of methoxy groups -OCH3 is 2. The first-order valence-corrected chi connectivity index (χ1v) is 10.4. The SMILES string of the molecule is COc1ccc(C(C(N)=O)N2CCN(CC(O)COc3ccccc3OC)CC2)cc1. The van der Waals surface area contributed by atoms with Crippen molar-refractivity contribution in [3.8, 4) is 17.2 Å². The van der Waals surface area contributed by atoms with Gasteiger partial charge in [0.25, 0.3) is 0 Å². The second kappa shape index (κ2) is 11.0. The smallest absolute Gasteiger partial charge is 0.239 e. The van der Waals surface area contributed by atoms with Crippen molar-refractivity contribution in [1.82, 2.24) is 9.80 Å². The van der Waals surface area contributed by atoms with E-state index in [1.807, 2.05) is 48.5 Å². The number of amides is 1. The molecule has 8 heteroatoms. The highest BCUT2D eigenvalue weighted by Crippen LogP contribution is 2.26. The second-order valence-corrected chi connectivity index (χ2v) is 7.53. The molecule has 1 saturated heterocycles. The van der Waals surface area contributed by atoms with Gasteiger partial charge in [-0.05, 0) is 29.8 Å². The average molecular weight is 430 g/mol. The maximum absolute atomic E-state index is 12.2. The van der Waals surface area contributed by atoms with Gasteiger partial charge >= 0.3 is 0 Å². The number of piperazine rings is 1. The lowest BCUT2D eigenvalue weighted by molar-refractivity contribution is -0.124. The molecule has 3 N–H and O–H groups in total. The van der Waals surface area contributed by atoms with Gasteiger partial charge in [0, 0.05) is 32.7 Å². The van der Waals surface area contributed by atoms with E-state index >= 15 is 0 Å². The molecule has 0 aromatic heterocycles. The number of hydrogen-bond donors (Lipinski definition) is 2. The standard InChI is InChI=1S/C23H31N3O5/c1-29-19-9-7-17(8-10-19)22(23(24)28)26-13-11-25(12-14-26)15-18(27)16-31-21-6-4-3-5-20(21)30-2/h3-10,18,22,27H,11-16H2,1-2H3,(H2,24,28). The minimum Gasteiger partial charge on any atom is -0.497 e. The number of rotatable bonds is 10. The van der Waals surface area contributed by atoms with Gasteiger partial charge in [-0.1, -0.05) is 24.3 Å². The summed E-state index contributed by atoms with van der Waals surface area (Å²) in [6, 6.07) is 14.3. The van der Waals surface area contributed by atoms with Crippen LogP contribution in [0.1, 0.15) is 11.6 Å². The Morgan fingerprint density at radius 2 is 1.65 bits per heavy atom. The molecule has 1 amide bonds. The quantitative estimate of drug-likeness (QED) is 0.587. The topological polar surface area (TPSA) is 97.5 Å². The molecule has 1 fully saturated rings. The lowest BCUT2D eigenvalue weighted by atomic mass is 10.0. The number of carbonyl (C=O) groups excluding carboxylic acids is 1. The van der Waals surface area contributed by atoms with Gasteiger partial charge in [0.1, 0.15) is 24.5 Å². The first kappa shape index (κ1) is 22.9. The highest BCUT2D eigenvalue weighted by atomic mass is 16.5. The predicted molar refractivity (Wildman–Crippen MR) is 117 cm³/mol. The van der Waals surface area contributed by atoms with Crippen LogP contribution in [-0.4, -0.2) is 80.5 Å². The van der Waals surface area contributed by atoms with Gasteiger partial charge in [0.15, 0.2) is 11.5 Å². The number of benzene rings is 2. The van der Waals surface area contributed by atoms with Crippen molar-refractivity contribution in [2.75, 3.05) is 53.6 Å². The number of ether oxygens (including phenoxy) is 3. The highest BCUT2D eigenvalue weighted by Gasteiger charge is 2.29. The molecule has 2 aromatic carbocycles. The van der Waals surface area contributed by atoms with Crippen molar-refractivity contribution in [1.29, 1.82) is 0 Å². The van der Waals surface area contributed by atoms with E-state index < -0.39 is 12.1 Å². The Morgan fingerprint density at radius 1 is 1.00 bits per heavy atom. The van der Waals surface area contributed by atoms with Crippen LogP contribution in [0.25, 0.3) is 0 Å². The summed E-state index contributed by atoms with van der Waals surface area (Å²) in [4.78, 5) is 16.4. The van der Waals surface area contributed by atoms with E-state index in [-0.39, 0.29) is 12.5 Å². The summed E-state index contributed by atoms with van der Waals surface area (Å²) in [6.07, 6.45) is -0.634. The zero-order chi connectivity index (χ0) is 22.2. The van der Waals surface area contributed by atoms with Crippen molar-refractivity contribution in [2.45, 2.75) is 12.1 Å². The summed E-state index contributed by atoms with van der Waals surface area (Å²) >= 11 is 0. The normalized spacial score (nSPS) is 17.0. The van der Waals surface area contributed by atoms with E-state index in [4.69, 9.17) is 19.9 Å². The van der Waals surface area contributed by atoms with Crippen LogP contribution in [-0.2, 0) is 4.79 Å². The van der Waals surface area contributed by atoms with Gasteiger partial charge in [-0.3, -0.25) is 14.6 Å². The fourth-order valence-electron chi connectivity index (χ4n) is 3.82. The Labute approximate surface area is 183 Å². The number of primary amides is 1. The van der Waals surface area contributed by atoms with Crippen molar-refractivity contribution < 1.29 is 24.1 Å². The van der Waals surface area contributed by atoms with Crippen LogP contribution in [0.15, 0.2) is 48.5 Å². The van der Waals surface area contributed by atoms with Crippen LogP contribution < -0.4 is 19.9 Å². The molecule has 0 spiro atoms. The molecule has 2 aromatic rings. The molecule has 0 aliphatic carbocycles. The molecule has 2 unspecified atom stereocenters. The average Bonchev–Trinajstić information content (AvgIpc) is 2.79. The summed E-state index contributed by atoms with van der Waals surface area (Å²) in [6.45, 7) is 3.49. The summed E-state index contributed by atoms with van der Waals surface area (Å²) in [5, 5.41) is 10.4. The lowest BCUT2D eigenvalue weighted by Gasteiger charge is -2.38. The molecular formula is C23H31N3O5. The van der Waals surface area contributed by atoms with E-state index in [0.29, 0.717) is 31.1 Å². The number of carbonyl (C=O) groups is 1. The van der Waals surface area contributed by atoms with Gasteiger partial charge in [0.2, 0.25) is 5.91 Å². The Bertz CT molecular complexity index is 837. The number of aliphatic hydroxyl groups excluding tert-OH is 1. The molecule has 3 rings (SSSR count). The number of aliphatic hydroxyl groups is 1. The third-order valence-electron chi connectivity index (χ3n) is 5.44. The van der Waals surface area contributed by atoms with E-state index in [9.17, 15) is 9.90 Å². The molecule has 168 valence electrons. The highest BCUT2D eigenvalue weighted by molar-refractivity contribution is 5.81. The van der Waals surface area contributed by atoms with E-state index in [1.165, 1.54) is 0 Å². The molecule has 0 bridgehead atoms. The molecule has 8 nitrogen and oxygen atoms in total. The van der Waals surface area contributed by atoms with Crippen molar-refractivity contribution >= 4 is 5.91 Å². The Kier molecular flexibility index (Phi) is 8.11. The predicted octanol–water partition coefficient (Wildman–Crippen LogP) is 1.29. The maximum atomic E-state index is 12.2.